The van der Waals surface area contributed by atoms with E-state index in [9.17, 15) is 4.79 Å². The van der Waals surface area contributed by atoms with Gasteiger partial charge in [-0.3, -0.25) is 5.32 Å². The van der Waals surface area contributed by atoms with Crippen molar-refractivity contribution in [3.8, 4) is 11.5 Å². The van der Waals surface area contributed by atoms with Gasteiger partial charge < -0.3 is 14.6 Å². The monoisotopic (exact) mass is 211 g/mol. The molecule has 0 atom stereocenters. The molecule has 1 amide bonds. The number of carboxylic acid groups (broad SMARTS) is 1. The Morgan fingerprint density at radius 1 is 1.27 bits per heavy atom. The molecule has 0 heterocycles. The van der Waals surface area contributed by atoms with Crippen LogP contribution in [0.1, 0.15) is 5.56 Å². The van der Waals surface area contributed by atoms with Gasteiger partial charge in [0.05, 0.1) is 19.9 Å². The molecule has 1 rings (SSSR count). The van der Waals surface area contributed by atoms with Gasteiger partial charge in [0.1, 0.15) is 11.5 Å². The molecule has 0 bridgehead atoms. The van der Waals surface area contributed by atoms with Crippen molar-refractivity contribution < 1.29 is 19.4 Å². The highest BCUT2D eigenvalue weighted by atomic mass is 16.5. The Hall–Kier alpha value is -1.91. The van der Waals surface area contributed by atoms with Gasteiger partial charge in [-0.25, -0.2) is 4.79 Å². The summed E-state index contributed by atoms with van der Waals surface area (Å²) in [5, 5.41) is 10.9. The first-order valence-electron chi connectivity index (χ1n) is 4.31. The average molecular weight is 211 g/mol. The number of carbonyl (C=O) groups is 1. The maximum absolute atomic E-state index is 10.5. The number of aryl methyl sites for hydroxylation is 1. The number of hydrogen-bond donors (Lipinski definition) is 2. The summed E-state index contributed by atoms with van der Waals surface area (Å²) >= 11 is 0. The van der Waals surface area contributed by atoms with Crippen molar-refractivity contribution >= 4 is 11.8 Å². The molecule has 0 radical (unpaired) electrons. The predicted octanol–water partition coefficient (Wildman–Crippen LogP) is 2.10. The van der Waals surface area contributed by atoms with Crippen LogP contribution < -0.4 is 14.8 Å². The maximum Gasteiger partial charge on any atom is 0.409 e. The molecular formula is C10H13NO4. The van der Waals surface area contributed by atoms with E-state index in [-0.39, 0.29) is 0 Å². The molecule has 82 valence electrons. The van der Waals surface area contributed by atoms with E-state index in [1.165, 1.54) is 14.2 Å². The fraction of sp³-hybridized carbons (Fsp3) is 0.300. The number of methoxy groups -OCH3 is 2. The van der Waals surface area contributed by atoms with Crippen LogP contribution >= 0.6 is 0 Å². The second kappa shape index (κ2) is 4.54. The SMILES string of the molecule is COc1cc(NC(=O)O)c(OC)cc1C. The summed E-state index contributed by atoms with van der Waals surface area (Å²) in [6.45, 7) is 1.85. The van der Waals surface area contributed by atoms with E-state index in [4.69, 9.17) is 14.6 Å². The summed E-state index contributed by atoms with van der Waals surface area (Å²) in [7, 11) is 3.01. The molecular weight excluding hydrogens is 198 g/mol. The molecule has 0 saturated carbocycles. The lowest BCUT2D eigenvalue weighted by molar-refractivity contribution is 0.209. The third-order valence-electron chi connectivity index (χ3n) is 1.96. The van der Waals surface area contributed by atoms with Crippen molar-refractivity contribution in [1.82, 2.24) is 0 Å². The minimum atomic E-state index is -1.14. The molecule has 0 unspecified atom stereocenters. The van der Waals surface area contributed by atoms with Crippen LogP contribution in [-0.4, -0.2) is 25.4 Å². The number of ether oxygens (including phenoxy) is 2. The van der Waals surface area contributed by atoms with E-state index in [1.807, 2.05) is 6.92 Å². The molecule has 0 aliphatic rings. The number of benzene rings is 1. The van der Waals surface area contributed by atoms with Crippen molar-refractivity contribution in [1.29, 1.82) is 0 Å². The molecule has 2 N–H and O–H groups in total. The number of amides is 1. The zero-order valence-electron chi connectivity index (χ0n) is 8.83. The first-order valence-corrected chi connectivity index (χ1v) is 4.31. The fourth-order valence-electron chi connectivity index (χ4n) is 1.26. The lowest BCUT2D eigenvalue weighted by Gasteiger charge is -2.12. The van der Waals surface area contributed by atoms with Gasteiger partial charge in [-0.15, -0.1) is 0 Å². The van der Waals surface area contributed by atoms with Gasteiger partial charge in [0.25, 0.3) is 0 Å². The Balaban J connectivity index is 3.16. The molecule has 5 heteroatoms. The zero-order chi connectivity index (χ0) is 11.4. The Morgan fingerprint density at radius 3 is 2.33 bits per heavy atom. The third kappa shape index (κ3) is 2.52. The highest BCUT2D eigenvalue weighted by Gasteiger charge is 2.10. The summed E-state index contributed by atoms with van der Waals surface area (Å²) in [5.41, 5.74) is 1.25. The summed E-state index contributed by atoms with van der Waals surface area (Å²) in [5.74, 6) is 1.08. The Labute approximate surface area is 87.6 Å². The lowest BCUT2D eigenvalue weighted by atomic mass is 10.2. The van der Waals surface area contributed by atoms with E-state index >= 15 is 0 Å². The Kier molecular flexibility index (Phi) is 3.38. The quantitative estimate of drug-likeness (QED) is 0.803. The van der Waals surface area contributed by atoms with Crippen molar-refractivity contribution in [3.63, 3.8) is 0 Å². The van der Waals surface area contributed by atoms with E-state index in [0.717, 1.165) is 5.56 Å². The lowest BCUT2D eigenvalue weighted by Crippen LogP contribution is -2.08. The van der Waals surface area contributed by atoms with Crippen molar-refractivity contribution in [3.05, 3.63) is 17.7 Å². The molecule has 1 aromatic carbocycles. The molecule has 0 fully saturated rings. The van der Waals surface area contributed by atoms with Crippen LogP contribution in [0, 0.1) is 6.92 Å². The van der Waals surface area contributed by atoms with Gasteiger partial charge in [-0.05, 0) is 18.6 Å². The van der Waals surface area contributed by atoms with Gasteiger partial charge in [0.15, 0.2) is 0 Å². The summed E-state index contributed by atoms with van der Waals surface area (Å²) in [6, 6.07) is 3.30. The van der Waals surface area contributed by atoms with Gasteiger partial charge in [-0.1, -0.05) is 0 Å². The third-order valence-corrected chi connectivity index (χ3v) is 1.96. The minimum absolute atomic E-state index is 0.368. The highest BCUT2D eigenvalue weighted by Crippen LogP contribution is 2.32. The molecule has 0 saturated heterocycles. The zero-order valence-corrected chi connectivity index (χ0v) is 8.83. The molecule has 5 nitrogen and oxygen atoms in total. The van der Waals surface area contributed by atoms with Gasteiger partial charge in [-0.2, -0.15) is 0 Å². The van der Waals surface area contributed by atoms with Crippen LogP contribution in [0.15, 0.2) is 12.1 Å². The van der Waals surface area contributed by atoms with Gasteiger partial charge in [0.2, 0.25) is 0 Å². The van der Waals surface area contributed by atoms with Crippen molar-refractivity contribution in [2.75, 3.05) is 19.5 Å². The second-order valence-corrected chi connectivity index (χ2v) is 2.95. The van der Waals surface area contributed by atoms with Crippen LogP contribution in [0.25, 0.3) is 0 Å². The van der Waals surface area contributed by atoms with Gasteiger partial charge >= 0.3 is 6.09 Å². The predicted molar refractivity (Wildman–Crippen MR) is 55.9 cm³/mol. The molecule has 0 aromatic heterocycles. The van der Waals surface area contributed by atoms with Crippen molar-refractivity contribution in [2.45, 2.75) is 6.92 Å². The van der Waals surface area contributed by atoms with Crippen LogP contribution in [-0.2, 0) is 0 Å². The molecule has 15 heavy (non-hydrogen) atoms. The smallest absolute Gasteiger partial charge is 0.409 e. The van der Waals surface area contributed by atoms with E-state index in [2.05, 4.69) is 5.32 Å². The summed E-state index contributed by atoms with van der Waals surface area (Å²) < 4.78 is 10.1. The van der Waals surface area contributed by atoms with Gasteiger partial charge in [0, 0.05) is 6.07 Å². The molecule has 0 aliphatic carbocycles. The first-order chi connectivity index (χ1) is 7.08. The maximum atomic E-state index is 10.5. The number of hydrogen-bond acceptors (Lipinski definition) is 3. The standard InChI is InChI=1S/C10H13NO4/c1-6-4-9(15-3)7(11-10(12)13)5-8(6)14-2/h4-5,11H,1-3H3,(H,12,13). The van der Waals surface area contributed by atoms with E-state index in [1.54, 1.807) is 12.1 Å². The van der Waals surface area contributed by atoms with Crippen molar-refractivity contribution in [2.24, 2.45) is 0 Å². The Bertz CT molecular complexity index is 376. The highest BCUT2D eigenvalue weighted by molar-refractivity contribution is 5.85. The number of rotatable bonds is 3. The molecule has 1 aromatic rings. The topological polar surface area (TPSA) is 67.8 Å². The Morgan fingerprint density at radius 2 is 1.87 bits per heavy atom. The first kappa shape index (κ1) is 11.2. The number of nitrogens with one attached hydrogen (secondary N) is 1. The summed E-state index contributed by atoms with van der Waals surface area (Å²) in [4.78, 5) is 10.5. The van der Waals surface area contributed by atoms with E-state index in [0.29, 0.717) is 17.2 Å². The molecule has 0 spiro atoms. The van der Waals surface area contributed by atoms with Crippen LogP contribution in [0.3, 0.4) is 0 Å². The van der Waals surface area contributed by atoms with Crippen LogP contribution in [0.2, 0.25) is 0 Å². The minimum Gasteiger partial charge on any atom is -0.496 e. The normalized spacial score (nSPS) is 9.53. The van der Waals surface area contributed by atoms with Crippen LogP contribution in [0.5, 0.6) is 11.5 Å². The number of anilines is 1. The summed E-state index contributed by atoms with van der Waals surface area (Å²) in [6.07, 6.45) is -1.14. The second-order valence-electron chi connectivity index (χ2n) is 2.95. The van der Waals surface area contributed by atoms with Crippen LogP contribution in [0.4, 0.5) is 10.5 Å². The average Bonchev–Trinajstić information content (AvgIpc) is 2.19. The largest absolute Gasteiger partial charge is 0.496 e. The molecule has 0 aliphatic heterocycles. The van der Waals surface area contributed by atoms with E-state index < -0.39 is 6.09 Å². The fourth-order valence-corrected chi connectivity index (χ4v) is 1.26.